The van der Waals surface area contributed by atoms with Crippen LogP contribution in [0, 0.1) is 11.3 Å². The third-order valence-electron chi connectivity index (χ3n) is 13.1. The molecule has 0 aromatic heterocycles. The maximum absolute atomic E-state index is 5.02. The van der Waals surface area contributed by atoms with Crippen molar-refractivity contribution in [3.63, 3.8) is 0 Å². The largest absolute Gasteiger partial charge is 0.338 e. The third kappa shape index (κ3) is 4.25. The molecule has 3 heterocycles. The van der Waals surface area contributed by atoms with Crippen LogP contribution in [0.1, 0.15) is 83.3 Å². The quantitative estimate of drug-likeness (QED) is 0.327. The van der Waals surface area contributed by atoms with E-state index >= 15 is 0 Å². The minimum atomic E-state index is -0.0867. The highest BCUT2D eigenvalue weighted by atomic mass is 15.2. The molecule has 250 valence electrons. The molecule has 1 saturated carbocycles. The number of hydrogen-bond acceptors (Lipinski definition) is 3. The minimum absolute atomic E-state index is 0.0463. The second-order valence-corrected chi connectivity index (χ2v) is 16.5. The number of para-hydroxylation sites is 1. The van der Waals surface area contributed by atoms with Crippen LogP contribution in [-0.2, 0) is 5.41 Å². The van der Waals surface area contributed by atoms with Gasteiger partial charge in [0.2, 0.25) is 0 Å². The summed E-state index contributed by atoms with van der Waals surface area (Å²) in [5.74, 6) is 0.803. The number of benzene rings is 2. The van der Waals surface area contributed by atoms with Crippen LogP contribution in [-0.4, -0.2) is 18.8 Å². The maximum Gasteiger partial charge on any atom is 0.0559 e. The lowest BCUT2D eigenvalue weighted by molar-refractivity contribution is 0.540. The van der Waals surface area contributed by atoms with Crippen LogP contribution in [0.5, 0.6) is 0 Å². The molecule has 8 aliphatic rings. The van der Waals surface area contributed by atoms with Crippen LogP contribution in [0.2, 0.25) is 0 Å². The first-order valence-electron chi connectivity index (χ1n) is 19.0. The van der Waals surface area contributed by atoms with E-state index in [2.05, 4.69) is 147 Å². The van der Waals surface area contributed by atoms with Crippen molar-refractivity contribution in [2.24, 2.45) is 16.3 Å². The summed E-state index contributed by atoms with van der Waals surface area (Å²) in [7, 11) is 0. The molecule has 0 bridgehead atoms. The minimum Gasteiger partial charge on any atom is -0.338 e. The van der Waals surface area contributed by atoms with Gasteiger partial charge in [-0.1, -0.05) is 106 Å². The zero-order valence-corrected chi connectivity index (χ0v) is 29.9. The van der Waals surface area contributed by atoms with Crippen molar-refractivity contribution in [1.29, 1.82) is 0 Å². The molecule has 0 radical (unpaired) electrons. The van der Waals surface area contributed by atoms with Crippen LogP contribution in [0.3, 0.4) is 0 Å². The number of hydrogen-bond donors (Lipinski definition) is 0. The van der Waals surface area contributed by atoms with Crippen molar-refractivity contribution >= 4 is 23.3 Å². The Bertz CT molecular complexity index is 2170. The van der Waals surface area contributed by atoms with Gasteiger partial charge in [0, 0.05) is 62.9 Å². The number of aliphatic imine (C=N–C) groups is 1. The molecule has 0 amide bonds. The summed E-state index contributed by atoms with van der Waals surface area (Å²) in [4.78, 5) is 10.3. The molecule has 50 heavy (non-hydrogen) atoms. The Hall–Kier alpha value is -4.63. The molecule has 0 saturated heterocycles. The molecule has 0 N–H and O–H groups in total. The van der Waals surface area contributed by atoms with Crippen molar-refractivity contribution in [1.82, 2.24) is 0 Å². The summed E-state index contributed by atoms with van der Waals surface area (Å²) in [5, 5.41) is 0. The first-order valence-corrected chi connectivity index (χ1v) is 19.0. The molecule has 0 spiro atoms. The van der Waals surface area contributed by atoms with Crippen molar-refractivity contribution in [2.75, 3.05) is 16.3 Å². The zero-order valence-electron chi connectivity index (χ0n) is 29.9. The SMILES string of the molecule is CC1(C)C2=CC(N(C3=CC=C(C4=CC=CCC4)CC3)c3ccc4c(c3)C3CN=CC5=C3N4c3ccccc3C5(C)C)CC=C2C2CC=CC=C21. The number of nitrogens with zero attached hydrogens (tertiary/aromatic N) is 3. The summed E-state index contributed by atoms with van der Waals surface area (Å²) < 4.78 is 0. The summed E-state index contributed by atoms with van der Waals surface area (Å²) in [6, 6.07) is 16.6. The van der Waals surface area contributed by atoms with Gasteiger partial charge in [0.05, 0.1) is 12.6 Å². The molecule has 3 unspecified atom stereocenters. The molecule has 1 fully saturated rings. The molecule has 2 aromatic carbocycles. The van der Waals surface area contributed by atoms with E-state index in [0.29, 0.717) is 5.92 Å². The second-order valence-electron chi connectivity index (χ2n) is 16.5. The zero-order chi connectivity index (χ0) is 33.8. The third-order valence-corrected chi connectivity index (χ3v) is 13.1. The Morgan fingerprint density at radius 3 is 2.50 bits per heavy atom. The van der Waals surface area contributed by atoms with Gasteiger partial charge in [-0.25, -0.2) is 0 Å². The highest BCUT2D eigenvalue weighted by Gasteiger charge is 2.48. The van der Waals surface area contributed by atoms with E-state index in [1.54, 1.807) is 16.7 Å². The highest BCUT2D eigenvalue weighted by molar-refractivity contribution is 5.95. The van der Waals surface area contributed by atoms with Gasteiger partial charge in [0.25, 0.3) is 0 Å². The van der Waals surface area contributed by atoms with Gasteiger partial charge in [-0.3, -0.25) is 4.99 Å². The van der Waals surface area contributed by atoms with E-state index in [4.69, 9.17) is 4.99 Å². The number of allylic oxidation sites excluding steroid dienone is 15. The fourth-order valence-electron chi connectivity index (χ4n) is 10.6. The molecule has 3 nitrogen and oxygen atoms in total. The van der Waals surface area contributed by atoms with Gasteiger partial charge in [0.15, 0.2) is 0 Å². The van der Waals surface area contributed by atoms with E-state index in [0.717, 1.165) is 45.1 Å². The fourth-order valence-corrected chi connectivity index (χ4v) is 10.6. The monoisotopic (exact) mass is 653 g/mol. The van der Waals surface area contributed by atoms with Crippen LogP contribution in [0.25, 0.3) is 0 Å². The number of dihydropyridines is 1. The smallest absolute Gasteiger partial charge is 0.0559 e. The Labute approximate surface area is 297 Å². The first kappa shape index (κ1) is 30.2. The number of rotatable bonds is 4. The Kier molecular flexibility index (Phi) is 6.61. The lowest BCUT2D eigenvalue weighted by Gasteiger charge is -2.42. The van der Waals surface area contributed by atoms with Crippen molar-refractivity contribution in [2.45, 2.75) is 83.6 Å². The van der Waals surface area contributed by atoms with Crippen LogP contribution in [0.4, 0.5) is 17.1 Å². The normalized spacial score (nSPS) is 27.5. The topological polar surface area (TPSA) is 18.8 Å². The first-order chi connectivity index (χ1) is 24.3. The van der Waals surface area contributed by atoms with Crippen molar-refractivity contribution in [3.8, 4) is 0 Å². The summed E-state index contributed by atoms with van der Waals surface area (Å²) >= 11 is 0. The number of anilines is 3. The van der Waals surface area contributed by atoms with Crippen LogP contribution < -0.4 is 9.80 Å². The molecule has 10 rings (SSSR count). The molecular formula is C47H47N3. The van der Waals surface area contributed by atoms with E-state index in [9.17, 15) is 0 Å². The Morgan fingerprint density at radius 1 is 0.800 bits per heavy atom. The van der Waals surface area contributed by atoms with Crippen molar-refractivity contribution < 1.29 is 0 Å². The maximum atomic E-state index is 5.02. The van der Waals surface area contributed by atoms with Gasteiger partial charge in [-0.15, -0.1) is 0 Å². The molecular weight excluding hydrogens is 607 g/mol. The van der Waals surface area contributed by atoms with Gasteiger partial charge in [-0.05, 0) is 102 Å². The van der Waals surface area contributed by atoms with E-state index in [-0.39, 0.29) is 22.8 Å². The van der Waals surface area contributed by atoms with E-state index in [1.165, 1.54) is 56.3 Å². The molecule has 3 heteroatoms. The fraction of sp³-hybridized carbons (Fsp3) is 0.340. The lowest BCUT2D eigenvalue weighted by atomic mass is 9.72. The van der Waals surface area contributed by atoms with Crippen molar-refractivity contribution in [3.05, 3.63) is 159 Å². The van der Waals surface area contributed by atoms with Crippen LogP contribution >= 0.6 is 0 Å². The van der Waals surface area contributed by atoms with E-state index in [1.807, 2.05) is 0 Å². The average molecular weight is 654 g/mol. The Balaban J connectivity index is 1.10. The highest BCUT2D eigenvalue weighted by Crippen LogP contribution is 2.60. The standard InChI is InChI=1S/C47H47N3/c1-46(2)39-15-9-8-14-35(39)36-24-22-34(27-41(36)46)49(32-20-18-31(19-21-32)30-12-6-5-7-13-30)33-23-25-43-37(26-33)38-28-48-29-42-45(38)50(43)44-17-11-10-16-40(44)47(42,3)4/h5-6,8-12,15-18,20,23-27,29,34-35,38H,7,13-14,19,21-22,28H2,1-4H3. The molecule has 2 aromatic rings. The van der Waals surface area contributed by atoms with Gasteiger partial charge >= 0.3 is 0 Å². The predicted octanol–water partition coefficient (Wildman–Crippen LogP) is 11.4. The molecule has 5 aliphatic carbocycles. The van der Waals surface area contributed by atoms with Gasteiger partial charge < -0.3 is 9.80 Å². The van der Waals surface area contributed by atoms with Crippen LogP contribution in [0.15, 0.2) is 153 Å². The lowest BCUT2D eigenvalue weighted by Crippen LogP contribution is -2.36. The molecule has 3 aliphatic heterocycles. The number of fused-ring (bicyclic) bond motifs is 8. The average Bonchev–Trinajstić information content (AvgIpc) is 3.60. The summed E-state index contributed by atoms with van der Waals surface area (Å²) in [6.07, 6.45) is 32.8. The Morgan fingerprint density at radius 2 is 1.66 bits per heavy atom. The second kappa shape index (κ2) is 10.9. The van der Waals surface area contributed by atoms with Gasteiger partial charge in [-0.2, -0.15) is 0 Å². The summed E-state index contributed by atoms with van der Waals surface area (Å²) in [6.45, 7) is 10.5. The molecule has 3 atom stereocenters. The summed E-state index contributed by atoms with van der Waals surface area (Å²) in [5.41, 5.74) is 18.7. The predicted molar refractivity (Wildman–Crippen MR) is 209 cm³/mol. The van der Waals surface area contributed by atoms with Gasteiger partial charge in [0.1, 0.15) is 0 Å². The van der Waals surface area contributed by atoms with E-state index < -0.39 is 0 Å².